The summed E-state index contributed by atoms with van der Waals surface area (Å²) in [6, 6.07) is 13.7. The third-order valence-corrected chi connectivity index (χ3v) is 5.87. The first kappa shape index (κ1) is 17.0. The molecule has 0 aliphatic carbocycles. The molecule has 0 bridgehead atoms. The topological polar surface area (TPSA) is 52.7 Å². The maximum atomic E-state index is 12.5. The van der Waals surface area contributed by atoms with Crippen molar-refractivity contribution in [1.82, 2.24) is 0 Å². The number of carbonyl (C=O) groups excluding carboxylic acids is 2. The quantitative estimate of drug-likeness (QED) is 0.906. The van der Waals surface area contributed by atoms with Gasteiger partial charge in [-0.25, -0.2) is 0 Å². The molecule has 2 aromatic rings. The highest BCUT2D eigenvalue weighted by atomic mass is 32.2. The average Bonchev–Trinajstić information content (AvgIpc) is 2.64. The van der Waals surface area contributed by atoms with Crippen molar-refractivity contribution in [3.05, 3.63) is 48.0 Å². The van der Waals surface area contributed by atoms with Crippen LogP contribution in [0.2, 0.25) is 0 Å². The summed E-state index contributed by atoms with van der Waals surface area (Å²) in [5, 5.41) is 2.95. The lowest BCUT2D eigenvalue weighted by atomic mass is 10.0. The molecule has 2 aromatic carbocycles. The summed E-state index contributed by atoms with van der Waals surface area (Å²) in [4.78, 5) is 29.7. The van der Waals surface area contributed by atoms with Crippen molar-refractivity contribution in [3.8, 4) is 0 Å². The molecule has 2 aliphatic rings. The van der Waals surface area contributed by atoms with Crippen LogP contribution in [0.1, 0.15) is 12.0 Å². The zero-order valence-electron chi connectivity index (χ0n) is 14.7. The van der Waals surface area contributed by atoms with Crippen LogP contribution in [0.15, 0.2) is 47.4 Å². The number of thioether (sulfide) groups is 1. The lowest BCUT2D eigenvalue weighted by Crippen LogP contribution is -2.41. The van der Waals surface area contributed by atoms with Gasteiger partial charge in [-0.2, -0.15) is 0 Å². The second-order valence-electron chi connectivity index (χ2n) is 6.65. The van der Waals surface area contributed by atoms with Gasteiger partial charge < -0.3 is 15.1 Å². The maximum absolute atomic E-state index is 12.5. The molecule has 2 heterocycles. The number of fused-ring (bicyclic) bond motifs is 2. The van der Waals surface area contributed by atoms with E-state index in [0.29, 0.717) is 5.75 Å². The number of hydrogen-bond donors (Lipinski definition) is 1. The normalized spacial score (nSPS) is 16.1. The van der Waals surface area contributed by atoms with E-state index in [1.807, 2.05) is 36.4 Å². The molecule has 1 N–H and O–H groups in total. The fourth-order valence-electron chi connectivity index (χ4n) is 3.53. The Kier molecular flexibility index (Phi) is 4.59. The van der Waals surface area contributed by atoms with Crippen LogP contribution < -0.4 is 15.1 Å². The zero-order chi connectivity index (χ0) is 18.1. The second kappa shape index (κ2) is 7.03. The minimum absolute atomic E-state index is 0.0316. The third kappa shape index (κ3) is 3.29. The lowest BCUT2D eigenvalue weighted by molar-refractivity contribution is -0.120. The highest BCUT2D eigenvalue weighted by molar-refractivity contribution is 8.00. The van der Waals surface area contributed by atoms with Crippen LogP contribution >= 0.6 is 11.8 Å². The summed E-state index contributed by atoms with van der Waals surface area (Å²) in [7, 11) is 2.09. The summed E-state index contributed by atoms with van der Waals surface area (Å²) in [5.74, 6) is 0.162. The van der Waals surface area contributed by atoms with Gasteiger partial charge in [-0.15, -0.1) is 11.8 Å². The van der Waals surface area contributed by atoms with Crippen molar-refractivity contribution in [3.63, 3.8) is 0 Å². The molecule has 5 nitrogen and oxygen atoms in total. The Labute approximate surface area is 157 Å². The van der Waals surface area contributed by atoms with E-state index in [1.165, 1.54) is 23.0 Å². The van der Waals surface area contributed by atoms with Gasteiger partial charge in [0.2, 0.25) is 11.8 Å². The van der Waals surface area contributed by atoms with Gasteiger partial charge in [-0.1, -0.05) is 12.1 Å². The molecule has 0 atom stereocenters. The van der Waals surface area contributed by atoms with E-state index in [4.69, 9.17) is 0 Å². The van der Waals surface area contributed by atoms with Crippen molar-refractivity contribution in [1.29, 1.82) is 0 Å². The van der Waals surface area contributed by atoms with Crippen LogP contribution in [-0.4, -0.2) is 37.7 Å². The van der Waals surface area contributed by atoms with Crippen molar-refractivity contribution in [2.24, 2.45) is 0 Å². The molecular weight excluding hydrogens is 346 g/mol. The Balaban J connectivity index is 1.49. The van der Waals surface area contributed by atoms with Crippen LogP contribution in [0.25, 0.3) is 0 Å². The van der Waals surface area contributed by atoms with Crippen LogP contribution in [0.3, 0.4) is 0 Å². The van der Waals surface area contributed by atoms with Gasteiger partial charge >= 0.3 is 0 Å². The predicted molar refractivity (Wildman–Crippen MR) is 106 cm³/mol. The number of benzene rings is 2. The number of nitrogens with one attached hydrogen (secondary N) is 1. The van der Waals surface area contributed by atoms with E-state index in [0.717, 1.165) is 35.7 Å². The van der Waals surface area contributed by atoms with Crippen molar-refractivity contribution >= 4 is 40.6 Å². The van der Waals surface area contributed by atoms with Gasteiger partial charge in [0.25, 0.3) is 0 Å². The molecule has 26 heavy (non-hydrogen) atoms. The monoisotopic (exact) mass is 367 g/mol. The number of rotatable bonds is 3. The molecule has 0 saturated heterocycles. The standard InChI is InChI=1S/C20H21N3O2S/c1-22-10-4-5-14-11-15(8-9-16(14)22)21-19(24)12-23-17-6-2-3-7-18(17)26-13-20(23)25/h2-3,6-9,11H,4-5,10,12-13H2,1H3,(H,21,24). The molecule has 0 aromatic heterocycles. The number of para-hydroxylation sites is 1. The molecule has 134 valence electrons. The van der Waals surface area contributed by atoms with Gasteiger partial charge in [-0.3, -0.25) is 9.59 Å². The molecule has 0 radical (unpaired) electrons. The summed E-state index contributed by atoms with van der Waals surface area (Å²) >= 11 is 1.52. The zero-order valence-corrected chi connectivity index (χ0v) is 15.5. The first-order valence-electron chi connectivity index (χ1n) is 8.78. The molecule has 0 saturated carbocycles. The van der Waals surface area contributed by atoms with Gasteiger partial charge in [0.15, 0.2) is 0 Å². The Hall–Kier alpha value is -2.47. The van der Waals surface area contributed by atoms with Gasteiger partial charge in [-0.05, 0) is 48.7 Å². The Morgan fingerprint density at radius 2 is 2.04 bits per heavy atom. The van der Waals surface area contributed by atoms with Crippen molar-refractivity contribution in [2.45, 2.75) is 17.7 Å². The lowest BCUT2D eigenvalue weighted by Gasteiger charge is -2.29. The third-order valence-electron chi connectivity index (χ3n) is 4.82. The fraction of sp³-hybridized carbons (Fsp3) is 0.300. The molecule has 6 heteroatoms. The second-order valence-corrected chi connectivity index (χ2v) is 7.67. The number of aryl methyl sites for hydroxylation is 1. The molecule has 2 aliphatic heterocycles. The van der Waals surface area contributed by atoms with Crippen molar-refractivity contribution in [2.75, 3.05) is 41.0 Å². The van der Waals surface area contributed by atoms with Gasteiger partial charge in [0, 0.05) is 29.9 Å². The number of amides is 2. The summed E-state index contributed by atoms with van der Waals surface area (Å²) in [5.41, 5.74) is 4.09. The number of anilines is 3. The first-order chi connectivity index (χ1) is 12.6. The number of carbonyl (C=O) groups is 2. The minimum Gasteiger partial charge on any atom is -0.374 e. The summed E-state index contributed by atoms with van der Waals surface area (Å²) < 4.78 is 0. The SMILES string of the molecule is CN1CCCc2cc(NC(=O)CN3C(=O)CSc4ccccc43)ccc21. The maximum Gasteiger partial charge on any atom is 0.244 e. The van der Waals surface area contributed by atoms with Crippen LogP contribution in [0.4, 0.5) is 17.1 Å². The van der Waals surface area contributed by atoms with Crippen molar-refractivity contribution < 1.29 is 9.59 Å². The summed E-state index contributed by atoms with van der Waals surface area (Å²) in [6.45, 7) is 1.10. The Morgan fingerprint density at radius 3 is 2.92 bits per heavy atom. The van der Waals surface area contributed by atoms with Crippen LogP contribution in [0.5, 0.6) is 0 Å². The van der Waals surface area contributed by atoms with E-state index in [-0.39, 0.29) is 18.4 Å². The number of hydrogen-bond acceptors (Lipinski definition) is 4. The van der Waals surface area contributed by atoms with Crippen LogP contribution in [0, 0.1) is 0 Å². The molecule has 0 fully saturated rings. The molecule has 2 amide bonds. The molecule has 0 spiro atoms. The highest BCUT2D eigenvalue weighted by Gasteiger charge is 2.26. The fourth-order valence-corrected chi connectivity index (χ4v) is 4.47. The van der Waals surface area contributed by atoms with Gasteiger partial charge in [0.1, 0.15) is 6.54 Å². The molecule has 0 unspecified atom stereocenters. The van der Waals surface area contributed by atoms with E-state index >= 15 is 0 Å². The highest BCUT2D eigenvalue weighted by Crippen LogP contribution is 2.35. The molecular formula is C20H21N3O2S. The van der Waals surface area contributed by atoms with E-state index in [1.54, 1.807) is 4.90 Å². The largest absolute Gasteiger partial charge is 0.374 e. The van der Waals surface area contributed by atoms with Gasteiger partial charge in [0.05, 0.1) is 11.4 Å². The molecule has 4 rings (SSSR count). The Bertz CT molecular complexity index is 868. The van der Waals surface area contributed by atoms with E-state index < -0.39 is 0 Å². The predicted octanol–water partition coefficient (Wildman–Crippen LogP) is 3.15. The van der Waals surface area contributed by atoms with E-state index in [9.17, 15) is 9.59 Å². The van der Waals surface area contributed by atoms with E-state index in [2.05, 4.69) is 23.3 Å². The summed E-state index contributed by atoms with van der Waals surface area (Å²) in [6.07, 6.45) is 2.15. The number of nitrogens with zero attached hydrogens (tertiary/aromatic N) is 2. The average molecular weight is 367 g/mol. The smallest absolute Gasteiger partial charge is 0.244 e. The minimum atomic E-state index is -0.177. The van der Waals surface area contributed by atoms with Crippen LogP contribution in [-0.2, 0) is 16.0 Å². The first-order valence-corrected chi connectivity index (χ1v) is 9.76. The Morgan fingerprint density at radius 1 is 1.19 bits per heavy atom.